The van der Waals surface area contributed by atoms with E-state index in [4.69, 9.17) is 4.74 Å². The highest BCUT2D eigenvalue weighted by atomic mass is 19.1. The summed E-state index contributed by atoms with van der Waals surface area (Å²) in [5.41, 5.74) is 1.79. The van der Waals surface area contributed by atoms with Crippen molar-refractivity contribution < 1.29 is 18.6 Å². The van der Waals surface area contributed by atoms with Crippen LogP contribution in [0.2, 0.25) is 0 Å². The van der Waals surface area contributed by atoms with Crippen LogP contribution in [0.15, 0.2) is 41.4 Å². The molecule has 0 aliphatic carbocycles. The Labute approximate surface area is 161 Å². The van der Waals surface area contributed by atoms with Gasteiger partial charge in [-0.3, -0.25) is 4.99 Å². The Morgan fingerprint density at radius 2 is 2.00 bits per heavy atom. The molecule has 1 saturated heterocycles. The summed E-state index contributed by atoms with van der Waals surface area (Å²) in [6.07, 6.45) is 3.36. The summed E-state index contributed by atoms with van der Waals surface area (Å²) in [7, 11) is 0. The largest absolute Gasteiger partial charge is 0.494 e. The standard InChI is InChI=1S/C21H21F2N3O2/c22-14-1-3-19-16(9-14)17(21(27)26-19)12-24-15-2-4-20(18(23)10-15)25-11-13-5-7-28-8-6-13/h1-4,9-10,12-13,25-27H,5-8,11H2. The number of fused-ring (bicyclic) bond motifs is 1. The maximum atomic E-state index is 14.4. The van der Waals surface area contributed by atoms with E-state index in [1.807, 2.05) is 0 Å². The van der Waals surface area contributed by atoms with Gasteiger partial charge in [-0.25, -0.2) is 8.78 Å². The number of nitrogens with one attached hydrogen (secondary N) is 2. The fraction of sp³-hybridized carbons (Fsp3) is 0.286. The molecule has 0 unspecified atom stereocenters. The van der Waals surface area contributed by atoms with Gasteiger partial charge in [-0.2, -0.15) is 0 Å². The van der Waals surface area contributed by atoms with E-state index in [9.17, 15) is 13.9 Å². The number of ether oxygens (including phenoxy) is 1. The predicted molar refractivity (Wildman–Crippen MR) is 106 cm³/mol. The van der Waals surface area contributed by atoms with Crippen LogP contribution in [0, 0.1) is 17.6 Å². The molecule has 0 saturated carbocycles. The van der Waals surface area contributed by atoms with Crippen LogP contribution in [0.1, 0.15) is 18.4 Å². The topological polar surface area (TPSA) is 69.6 Å². The lowest BCUT2D eigenvalue weighted by Crippen LogP contribution is -2.22. The van der Waals surface area contributed by atoms with E-state index >= 15 is 0 Å². The predicted octanol–water partition coefficient (Wildman–Crippen LogP) is 4.74. The summed E-state index contributed by atoms with van der Waals surface area (Å²) in [4.78, 5) is 6.99. The molecule has 5 nitrogen and oxygen atoms in total. The van der Waals surface area contributed by atoms with Crippen LogP contribution in [0.5, 0.6) is 5.88 Å². The number of hydrogen-bond donors (Lipinski definition) is 3. The van der Waals surface area contributed by atoms with Crippen molar-refractivity contribution in [3.8, 4) is 5.88 Å². The Morgan fingerprint density at radius 3 is 2.79 bits per heavy atom. The zero-order chi connectivity index (χ0) is 19.5. The maximum absolute atomic E-state index is 14.4. The number of nitrogens with zero attached hydrogens (tertiary/aromatic N) is 1. The van der Waals surface area contributed by atoms with Crippen molar-refractivity contribution >= 4 is 28.5 Å². The van der Waals surface area contributed by atoms with E-state index in [1.54, 1.807) is 18.2 Å². The number of aromatic hydroxyl groups is 1. The minimum Gasteiger partial charge on any atom is -0.494 e. The van der Waals surface area contributed by atoms with Crippen molar-refractivity contribution in [2.45, 2.75) is 12.8 Å². The van der Waals surface area contributed by atoms with Gasteiger partial charge in [0, 0.05) is 42.9 Å². The normalized spacial score (nSPS) is 15.5. The van der Waals surface area contributed by atoms with Crippen LogP contribution in [-0.4, -0.2) is 36.1 Å². The van der Waals surface area contributed by atoms with Gasteiger partial charge in [-0.05, 0) is 49.1 Å². The summed E-state index contributed by atoms with van der Waals surface area (Å²) in [5.74, 6) is -0.432. The Morgan fingerprint density at radius 1 is 1.18 bits per heavy atom. The molecule has 3 aromatic rings. The van der Waals surface area contributed by atoms with E-state index in [1.165, 1.54) is 24.4 Å². The van der Waals surface area contributed by atoms with Gasteiger partial charge in [0.05, 0.1) is 16.9 Å². The molecular formula is C21H21F2N3O2. The third-order valence-electron chi connectivity index (χ3n) is 5.00. The van der Waals surface area contributed by atoms with Gasteiger partial charge < -0.3 is 20.1 Å². The minimum atomic E-state index is -0.410. The van der Waals surface area contributed by atoms with E-state index in [2.05, 4.69) is 15.3 Å². The molecule has 0 amide bonds. The number of rotatable bonds is 5. The molecular weight excluding hydrogens is 364 g/mol. The van der Waals surface area contributed by atoms with E-state index < -0.39 is 11.6 Å². The molecule has 1 aromatic heterocycles. The number of aliphatic imine (C=N–C) groups is 1. The van der Waals surface area contributed by atoms with Gasteiger partial charge in [-0.1, -0.05) is 0 Å². The summed E-state index contributed by atoms with van der Waals surface area (Å²) >= 11 is 0. The van der Waals surface area contributed by atoms with Gasteiger partial charge in [0.1, 0.15) is 11.6 Å². The molecule has 2 heterocycles. The van der Waals surface area contributed by atoms with Crippen molar-refractivity contribution in [3.05, 3.63) is 53.6 Å². The average Bonchev–Trinajstić information content (AvgIpc) is 3.01. The molecule has 1 aliphatic heterocycles. The number of aromatic nitrogens is 1. The SMILES string of the molecule is Oc1[nH]c2ccc(F)cc2c1C=Nc1ccc(NCC2CCOCC2)c(F)c1. The van der Waals surface area contributed by atoms with Crippen LogP contribution in [0.4, 0.5) is 20.2 Å². The first kappa shape index (κ1) is 18.4. The van der Waals surface area contributed by atoms with Crippen LogP contribution >= 0.6 is 0 Å². The van der Waals surface area contributed by atoms with Crippen molar-refractivity contribution in [2.75, 3.05) is 25.1 Å². The lowest BCUT2D eigenvalue weighted by molar-refractivity contribution is 0.0699. The van der Waals surface area contributed by atoms with Gasteiger partial charge in [0.15, 0.2) is 5.88 Å². The lowest BCUT2D eigenvalue weighted by atomic mass is 10.0. The molecule has 0 atom stereocenters. The molecule has 4 rings (SSSR count). The highest BCUT2D eigenvalue weighted by molar-refractivity contribution is 6.02. The zero-order valence-electron chi connectivity index (χ0n) is 15.2. The average molecular weight is 385 g/mol. The van der Waals surface area contributed by atoms with Gasteiger partial charge >= 0.3 is 0 Å². The molecule has 0 radical (unpaired) electrons. The zero-order valence-corrected chi connectivity index (χ0v) is 15.2. The first-order valence-corrected chi connectivity index (χ1v) is 9.25. The van der Waals surface area contributed by atoms with Crippen molar-refractivity contribution in [3.63, 3.8) is 0 Å². The van der Waals surface area contributed by atoms with Gasteiger partial charge in [0.25, 0.3) is 0 Å². The van der Waals surface area contributed by atoms with Gasteiger partial charge in [0.2, 0.25) is 0 Å². The fourth-order valence-electron chi connectivity index (χ4n) is 3.37. The monoisotopic (exact) mass is 385 g/mol. The van der Waals surface area contributed by atoms with E-state index in [0.29, 0.717) is 40.3 Å². The first-order valence-electron chi connectivity index (χ1n) is 9.25. The molecule has 28 heavy (non-hydrogen) atoms. The number of benzene rings is 2. The molecule has 0 bridgehead atoms. The smallest absolute Gasteiger partial charge is 0.198 e. The Kier molecular flexibility index (Phi) is 5.25. The molecule has 146 valence electrons. The summed E-state index contributed by atoms with van der Waals surface area (Å²) in [6.45, 7) is 2.22. The second-order valence-corrected chi connectivity index (χ2v) is 6.94. The molecule has 0 spiro atoms. The second-order valence-electron chi connectivity index (χ2n) is 6.94. The number of H-pyrrole nitrogens is 1. The van der Waals surface area contributed by atoms with Crippen molar-refractivity contribution in [1.29, 1.82) is 0 Å². The summed E-state index contributed by atoms with van der Waals surface area (Å²) in [5, 5.41) is 13.7. The van der Waals surface area contributed by atoms with Crippen LogP contribution in [0.3, 0.4) is 0 Å². The van der Waals surface area contributed by atoms with Crippen molar-refractivity contribution in [1.82, 2.24) is 4.98 Å². The Balaban J connectivity index is 1.49. The van der Waals surface area contributed by atoms with E-state index in [-0.39, 0.29) is 5.88 Å². The molecule has 2 aromatic carbocycles. The molecule has 1 aliphatic rings. The summed E-state index contributed by atoms with van der Waals surface area (Å²) in [6, 6.07) is 8.83. The van der Waals surface area contributed by atoms with Crippen LogP contribution in [-0.2, 0) is 4.74 Å². The number of hydrogen-bond acceptors (Lipinski definition) is 4. The highest BCUT2D eigenvalue weighted by Crippen LogP contribution is 2.28. The lowest BCUT2D eigenvalue weighted by Gasteiger charge is -2.22. The van der Waals surface area contributed by atoms with Crippen molar-refractivity contribution in [2.24, 2.45) is 10.9 Å². The quantitative estimate of drug-likeness (QED) is 0.556. The van der Waals surface area contributed by atoms with E-state index in [0.717, 1.165) is 26.1 Å². The van der Waals surface area contributed by atoms with Crippen LogP contribution < -0.4 is 5.32 Å². The number of anilines is 1. The summed E-state index contributed by atoms with van der Waals surface area (Å²) < 4.78 is 33.2. The first-order chi connectivity index (χ1) is 13.6. The highest BCUT2D eigenvalue weighted by Gasteiger charge is 2.14. The third kappa shape index (κ3) is 3.99. The molecule has 7 heteroatoms. The minimum absolute atomic E-state index is 0.112. The molecule has 1 fully saturated rings. The Bertz CT molecular complexity index is 1010. The second kappa shape index (κ2) is 7.98. The number of halogens is 2. The Hall–Kier alpha value is -2.93. The maximum Gasteiger partial charge on any atom is 0.198 e. The molecule has 3 N–H and O–H groups in total. The number of aromatic amines is 1. The fourth-order valence-corrected chi connectivity index (χ4v) is 3.37. The third-order valence-corrected chi connectivity index (χ3v) is 5.00. The van der Waals surface area contributed by atoms with Crippen LogP contribution in [0.25, 0.3) is 10.9 Å². The van der Waals surface area contributed by atoms with Gasteiger partial charge in [-0.15, -0.1) is 0 Å².